The van der Waals surface area contributed by atoms with Crippen molar-refractivity contribution in [1.29, 1.82) is 5.26 Å². The summed E-state index contributed by atoms with van der Waals surface area (Å²) in [4.78, 5) is 2.42. The highest BCUT2D eigenvalue weighted by atomic mass is 16.5. The Morgan fingerprint density at radius 1 is 1.00 bits per heavy atom. The van der Waals surface area contributed by atoms with E-state index in [1.165, 1.54) is 5.56 Å². The fourth-order valence-electron chi connectivity index (χ4n) is 3.01. The SMILES string of the molecule is N#Cc1ccc(OCCN2CCC(OCc3ccccc3)CC2)cc1. The maximum atomic E-state index is 8.79. The number of benzene rings is 2. The summed E-state index contributed by atoms with van der Waals surface area (Å²) < 4.78 is 11.8. The van der Waals surface area contributed by atoms with Crippen molar-refractivity contribution in [2.75, 3.05) is 26.2 Å². The molecular weight excluding hydrogens is 312 g/mol. The van der Waals surface area contributed by atoms with Gasteiger partial charge < -0.3 is 9.47 Å². The van der Waals surface area contributed by atoms with E-state index in [0.29, 0.717) is 24.9 Å². The Balaban J connectivity index is 1.31. The molecule has 0 amide bonds. The lowest BCUT2D eigenvalue weighted by molar-refractivity contribution is -0.00425. The summed E-state index contributed by atoms with van der Waals surface area (Å²) in [5.41, 5.74) is 1.89. The van der Waals surface area contributed by atoms with Crippen LogP contribution in [0.5, 0.6) is 5.75 Å². The molecule has 0 atom stereocenters. The van der Waals surface area contributed by atoms with Gasteiger partial charge in [-0.1, -0.05) is 30.3 Å². The van der Waals surface area contributed by atoms with E-state index in [-0.39, 0.29) is 0 Å². The molecule has 0 saturated carbocycles. The molecule has 1 heterocycles. The standard InChI is InChI=1S/C21H24N2O2/c22-16-18-6-8-20(9-7-18)24-15-14-23-12-10-21(11-13-23)25-17-19-4-2-1-3-5-19/h1-9,21H,10-15,17H2. The van der Waals surface area contributed by atoms with Crippen molar-refractivity contribution in [3.63, 3.8) is 0 Å². The molecule has 25 heavy (non-hydrogen) atoms. The molecule has 1 aliphatic heterocycles. The predicted octanol–water partition coefficient (Wildman–Crippen LogP) is 3.62. The Labute approximate surface area is 149 Å². The Kier molecular flexibility index (Phi) is 6.44. The molecule has 0 N–H and O–H groups in total. The van der Waals surface area contributed by atoms with Crippen molar-refractivity contribution < 1.29 is 9.47 Å². The quantitative estimate of drug-likeness (QED) is 0.775. The van der Waals surface area contributed by atoms with Gasteiger partial charge in [-0.05, 0) is 42.7 Å². The summed E-state index contributed by atoms with van der Waals surface area (Å²) in [5.74, 6) is 0.820. The summed E-state index contributed by atoms with van der Waals surface area (Å²) in [5, 5.41) is 8.79. The van der Waals surface area contributed by atoms with Crippen molar-refractivity contribution in [1.82, 2.24) is 4.90 Å². The number of hydrogen-bond acceptors (Lipinski definition) is 4. The minimum atomic E-state index is 0.357. The van der Waals surface area contributed by atoms with E-state index in [9.17, 15) is 0 Å². The number of hydrogen-bond donors (Lipinski definition) is 0. The number of piperidine rings is 1. The van der Waals surface area contributed by atoms with Crippen LogP contribution in [0.4, 0.5) is 0 Å². The Bertz CT molecular complexity index is 671. The van der Waals surface area contributed by atoms with Crippen LogP contribution in [-0.4, -0.2) is 37.2 Å². The molecule has 2 aromatic rings. The van der Waals surface area contributed by atoms with Crippen LogP contribution < -0.4 is 4.74 Å². The molecule has 2 aromatic carbocycles. The first-order valence-corrected chi connectivity index (χ1v) is 8.84. The molecule has 1 fully saturated rings. The summed E-state index contributed by atoms with van der Waals surface area (Å²) in [6.45, 7) is 4.40. The Morgan fingerprint density at radius 2 is 1.72 bits per heavy atom. The van der Waals surface area contributed by atoms with E-state index in [2.05, 4.69) is 35.2 Å². The van der Waals surface area contributed by atoms with Crippen LogP contribution >= 0.6 is 0 Å². The topological polar surface area (TPSA) is 45.5 Å². The van der Waals surface area contributed by atoms with Crippen LogP contribution in [-0.2, 0) is 11.3 Å². The fourth-order valence-corrected chi connectivity index (χ4v) is 3.01. The zero-order valence-electron chi connectivity index (χ0n) is 14.4. The molecule has 0 spiro atoms. The molecule has 0 bridgehead atoms. The second-order valence-corrected chi connectivity index (χ2v) is 6.32. The van der Waals surface area contributed by atoms with E-state index in [4.69, 9.17) is 14.7 Å². The largest absolute Gasteiger partial charge is 0.492 e. The molecular formula is C21H24N2O2. The molecule has 0 aliphatic carbocycles. The molecule has 3 rings (SSSR count). The zero-order valence-corrected chi connectivity index (χ0v) is 14.4. The second-order valence-electron chi connectivity index (χ2n) is 6.32. The Hall–Kier alpha value is -2.35. The van der Waals surface area contributed by atoms with Gasteiger partial charge in [-0.15, -0.1) is 0 Å². The van der Waals surface area contributed by atoms with Crippen LogP contribution in [0, 0.1) is 11.3 Å². The molecule has 1 saturated heterocycles. The predicted molar refractivity (Wildman–Crippen MR) is 97.3 cm³/mol. The van der Waals surface area contributed by atoms with Gasteiger partial charge in [-0.25, -0.2) is 0 Å². The van der Waals surface area contributed by atoms with Crippen molar-refractivity contribution >= 4 is 0 Å². The van der Waals surface area contributed by atoms with Gasteiger partial charge in [0.25, 0.3) is 0 Å². The Morgan fingerprint density at radius 3 is 2.40 bits per heavy atom. The highest BCUT2D eigenvalue weighted by Gasteiger charge is 2.19. The van der Waals surface area contributed by atoms with Gasteiger partial charge in [0.2, 0.25) is 0 Å². The minimum absolute atomic E-state index is 0.357. The normalized spacial score (nSPS) is 15.6. The molecule has 4 nitrogen and oxygen atoms in total. The van der Waals surface area contributed by atoms with Crippen LogP contribution in [0.2, 0.25) is 0 Å². The zero-order chi connectivity index (χ0) is 17.3. The lowest BCUT2D eigenvalue weighted by Crippen LogP contribution is -2.39. The van der Waals surface area contributed by atoms with Crippen molar-refractivity contribution in [2.45, 2.75) is 25.6 Å². The maximum Gasteiger partial charge on any atom is 0.119 e. The fraction of sp³-hybridized carbons (Fsp3) is 0.381. The minimum Gasteiger partial charge on any atom is -0.492 e. The first kappa shape index (κ1) is 17.5. The number of rotatable bonds is 7. The lowest BCUT2D eigenvalue weighted by Gasteiger charge is -2.31. The van der Waals surface area contributed by atoms with E-state index < -0.39 is 0 Å². The maximum absolute atomic E-state index is 8.79. The summed E-state index contributed by atoms with van der Waals surface area (Å²) in [7, 11) is 0. The second kappa shape index (κ2) is 9.22. The van der Waals surface area contributed by atoms with Gasteiger partial charge >= 0.3 is 0 Å². The molecule has 0 radical (unpaired) electrons. The molecule has 130 valence electrons. The highest BCUT2D eigenvalue weighted by molar-refractivity contribution is 5.34. The van der Waals surface area contributed by atoms with E-state index >= 15 is 0 Å². The smallest absolute Gasteiger partial charge is 0.119 e. The van der Waals surface area contributed by atoms with Crippen molar-refractivity contribution in [3.8, 4) is 11.8 Å². The van der Waals surface area contributed by atoms with Gasteiger partial charge in [-0.2, -0.15) is 5.26 Å². The van der Waals surface area contributed by atoms with Gasteiger partial charge in [-0.3, -0.25) is 4.90 Å². The molecule has 0 unspecified atom stereocenters. The molecule has 0 aromatic heterocycles. The summed E-state index contributed by atoms with van der Waals surface area (Å²) in [6, 6.07) is 19.7. The first-order chi connectivity index (χ1) is 12.3. The van der Waals surface area contributed by atoms with E-state index in [1.807, 2.05) is 18.2 Å². The first-order valence-electron chi connectivity index (χ1n) is 8.84. The number of nitriles is 1. The van der Waals surface area contributed by atoms with E-state index in [0.717, 1.165) is 38.2 Å². The average molecular weight is 336 g/mol. The van der Waals surface area contributed by atoms with Gasteiger partial charge in [0.05, 0.1) is 24.3 Å². The van der Waals surface area contributed by atoms with Crippen LogP contribution in [0.1, 0.15) is 24.0 Å². The van der Waals surface area contributed by atoms with E-state index in [1.54, 1.807) is 12.1 Å². The molecule has 4 heteroatoms. The lowest BCUT2D eigenvalue weighted by atomic mass is 10.1. The average Bonchev–Trinajstić information content (AvgIpc) is 2.69. The van der Waals surface area contributed by atoms with Crippen LogP contribution in [0.25, 0.3) is 0 Å². The monoisotopic (exact) mass is 336 g/mol. The van der Waals surface area contributed by atoms with Crippen molar-refractivity contribution in [2.24, 2.45) is 0 Å². The number of likely N-dealkylation sites (tertiary alicyclic amines) is 1. The van der Waals surface area contributed by atoms with Crippen LogP contribution in [0.15, 0.2) is 54.6 Å². The van der Waals surface area contributed by atoms with Crippen LogP contribution in [0.3, 0.4) is 0 Å². The van der Waals surface area contributed by atoms with Gasteiger partial charge in [0.15, 0.2) is 0 Å². The highest BCUT2D eigenvalue weighted by Crippen LogP contribution is 2.16. The van der Waals surface area contributed by atoms with Gasteiger partial charge in [0.1, 0.15) is 12.4 Å². The third-order valence-corrected chi connectivity index (χ3v) is 4.52. The summed E-state index contributed by atoms with van der Waals surface area (Å²) in [6.07, 6.45) is 2.50. The van der Waals surface area contributed by atoms with Crippen molar-refractivity contribution in [3.05, 3.63) is 65.7 Å². The third kappa shape index (κ3) is 5.60. The number of ether oxygens (including phenoxy) is 2. The van der Waals surface area contributed by atoms with Gasteiger partial charge in [0, 0.05) is 19.6 Å². The third-order valence-electron chi connectivity index (χ3n) is 4.52. The summed E-state index contributed by atoms with van der Waals surface area (Å²) >= 11 is 0. The number of nitrogens with zero attached hydrogens (tertiary/aromatic N) is 2. The molecule has 1 aliphatic rings.